The average molecular weight is 328 g/mol. The van der Waals surface area contributed by atoms with Crippen molar-refractivity contribution in [3.63, 3.8) is 0 Å². The first-order valence-electron chi connectivity index (χ1n) is 7.31. The lowest BCUT2D eigenvalue weighted by atomic mass is 10.0. The Morgan fingerprint density at radius 2 is 2.18 bits per heavy atom. The monoisotopic (exact) mass is 328 g/mol. The van der Waals surface area contributed by atoms with Gasteiger partial charge in [-0.25, -0.2) is 13.1 Å². The third-order valence-electron chi connectivity index (χ3n) is 4.10. The predicted octanol–water partition coefficient (Wildman–Crippen LogP) is 0.509. The van der Waals surface area contributed by atoms with Crippen LogP contribution in [0.15, 0.2) is 16.5 Å². The summed E-state index contributed by atoms with van der Waals surface area (Å²) in [5.74, 6) is 0.734. The van der Waals surface area contributed by atoms with Gasteiger partial charge in [-0.3, -0.25) is 4.79 Å². The van der Waals surface area contributed by atoms with Gasteiger partial charge in [-0.1, -0.05) is 0 Å². The first-order valence-corrected chi connectivity index (χ1v) is 9.20. The fourth-order valence-electron chi connectivity index (χ4n) is 3.26. The van der Waals surface area contributed by atoms with Crippen LogP contribution in [-0.4, -0.2) is 56.8 Å². The maximum Gasteiger partial charge on any atom is 0.289 e. The van der Waals surface area contributed by atoms with E-state index in [0.717, 1.165) is 19.1 Å². The highest BCUT2D eigenvalue weighted by molar-refractivity contribution is 7.88. The molecule has 2 saturated heterocycles. The second-order valence-electron chi connectivity index (χ2n) is 5.91. The van der Waals surface area contributed by atoms with Crippen molar-refractivity contribution in [1.82, 2.24) is 9.62 Å². The van der Waals surface area contributed by atoms with E-state index in [4.69, 9.17) is 9.15 Å². The molecule has 22 heavy (non-hydrogen) atoms. The van der Waals surface area contributed by atoms with E-state index in [0.29, 0.717) is 18.9 Å². The molecule has 1 aromatic heterocycles. The standard InChI is InChI=1S/C14H20N2O5S/c1-9-5-6-12(21-9)14(17)16-8-10(15-22(2,18)19)13-11(16)4-3-7-20-13/h5-6,10-11,13,15H,3-4,7-8H2,1-2H3/t10-,11+,13+/m1/s1. The van der Waals surface area contributed by atoms with E-state index in [2.05, 4.69) is 4.72 Å². The molecule has 0 bridgehead atoms. The minimum atomic E-state index is -3.36. The Hall–Kier alpha value is -1.38. The quantitative estimate of drug-likeness (QED) is 0.873. The number of furan rings is 1. The number of ether oxygens (including phenoxy) is 1. The molecule has 0 aliphatic carbocycles. The number of carbonyl (C=O) groups is 1. The third kappa shape index (κ3) is 3.04. The fraction of sp³-hybridized carbons (Fsp3) is 0.643. The lowest BCUT2D eigenvalue weighted by Gasteiger charge is -2.31. The van der Waals surface area contributed by atoms with E-state index in [1.807, 2.05) is 0 Å². The molecule has 2 aliphatic rings. The summed E-state index contributed by atoms with van der Waals surface area (Å²) in [6.45, 7) is 2.66. The van der Waals surface area contributed by atoms with Crippen molar-refractivity contribution in [3.05, 3.63) is 23.7 Å². The van der Waals surface area contributed by atoms with Crippen LogP contribution in [0.2, 0.25) is 0 Å². The highest BCUT2D eigenvalue weighted by atomic mass is 32.2. The van der Waals surface area contributed by atoms with E-state index in [-0.39, 0.29) is 23.8 Å². The van der Waals surface area contributed by atoms with Crippen LogP contribution in [0.1, 0.15) is 29.2 Å². The summed E-state index contributed by atoms with van der Waals surface area (Å²) in [5.41, 5.74) is 0. The Bertz CT molecular complexity index is 669. The molecule has 3 rings (SSSR count). The van der Waals surface area contributed by atoms with Crippen molar-refractivity contribution in [2.75, 3.05) is 19.4 Å². The topological polar surface area (TPSA) is 88.9 Å². The van der Waals surface area contributed by atoms with Crippen LogP contribution in [0.5, 0.6) is 0 Å². The normalized spacial score (nSPS) is 28.6. The minimum absolute atomic E-state index is 0.120. The maximum atomic E-state index is 12.6. The predicted molar refractivity (Wildman–Crippen MR) is 79.0 cm³/mol. The summed E-state index contributed by atoms with van der Waals surface area (Å²) in [5, 5.41) is 0. The van der Waals surface area contributed by atoms with Crippen molar-refractivity contribution in [2.24, 2.45) is 0 Å². The van der Waals surface area contributed by atoms with Gasteiger partial charge in [0.2, 0.25) is 10.0 Å². The maximum absolute atomic E-state index is 12.6. The summed E-state index contributed by atoms with van der Waals surface area (Å²) in [7, 11) is -3.36. The van der Waals surface area contributed by atoms with E-state index < -0.39 is 16.1 Å². The molecule has 2 fully saturated rings. The van der Waals surface area contributed by atoms with Crippen molar-refractivity contribution in [2.45, 2.75) is 38.0 Å². The Labute approximate surface area is 129 Å². The summed E-state index contributed by atoms with van der Waals surface area (Å²) in [4.78, 5) is 14.3. The highest BCUT2D eigenvalue weighted by Crippen LogP contribution is 2.30. The number of hydrogen-bond acceptors (Lipinski definition) is 5. The van der Waals surface area contributed by atoms with Gasteiger partial charge in [0, 0.05) is 13.2 Å². The number of nitrogens with zero attached hydrogens (tertiary/aromatic N) is 1. The number of carbonyl (C=O) groups excluding carboxylic acids is 1. The molecule has 2 aliphatic heterocycles. The van der Waals surface area contributed by atoms with Gasteiger partial charge in [0.25, 0.3) is 5.91 Å². The van der Waals surface area contributed by atoms with Crippen molar-refractivity contribution < 1.29 is 22.4 Å². The minimum Gasteiger partial charge on any atom is -0.456 e. The smallest absolute Gasteiger partial charge is 0.289 e. The molecule has 0 unspecified atom stereocenters. The van der Waals surface area contributed by atoms with Gasteiger partial charge in [0.05, 0.1) is 24.4 Å². The molecular weight excluding hydrogens is 308 g/mol. The van der Waals surface area contributed by atoms with Gasteiger partial charge >= 0.3 is 0 Å². The van der Waals surface area contributed by atoms with Gasteiger partial charge in [-0.05, 0) is 31.9 Å². The van der Waals surface area contributed by atoms with Gasteiger partial charge in [0.1, 0.15) is 5.76 Å². The Morgan fingerprint density at radius 1 is 1.41 bits per heavy atom. The lowest BCUT2D eigenvalue weighted by Crippen LogP contribution is -2.47. The fourth-order valence-corrected chi connectivity index (χ4v) is 4.02. The van der Waals surface area contributed by atoms with Crippen LogP contribution >= 0.6 is 0 Å². The second-order valence-corrected chi connectivity index (χ2v) is 7.69. The Morgan fingerprint density at radius 3 is 2.82 bits per heavy atom. The Kier molecular flexibility index (Phi) is 4.00. The van der Waals surface area contributed by atoms with Gasteiger partial charge < -0.3 is 14.1 Å². The molecule has 3 heterocycles. The SMILES string of the molecule is Cc1ccc(C(=O)N2C[C@@H](NS(C)(=O)=O)[C@@H]3OCCC[C@@H]32)o1. The zero-order valence-electron chi connectivity index (χ0n) is 12.6. The molecule has 122 valence electrons. The van der Waals surface area contributed by atoms with Crippen LogP contribution < -0.4 is 4.72 Å². The number of nitrogens with one attached hydrogen (secondary N) is 1. The van der Waals surface area contributed by atoms with Gasteiger partial charge in [-0.2, -0.15) is 0 Å². The number of hydrogen-bond donors (Lipinski definition) is 1. The first kappa shape index (κ1) is 15.5. The average Bonchev–Trinajstić information content (AvgIpc) is 3.02. The largest absolute Gasteiger partial charge is 0.456 e. The van der Waals surface area contributed by atoms with E-state index in [1.54, 1.807) is 24.0 Å². The molecular formula is C14H20N2O5S. The summed E-state index contributed by atoms with van der Waals surface area (Å²) in [6, 6.07) is 2.85. The Balaban J connectivity index is 1.83. The number of rotatable bonds is 3. The van der Waals surface area contributed by atoms with Crippen molar-refractivity contribution in [1.29, 1.82) is 0 Å². The van der Waals surface area contributed by atoms with Crippen molar-refractivity contribution in [3.8, 4) is 0 Å². The molecule has 0 aromatic carbocycles. The molecule has 1 amide bonds. The van der Waals surface area contributed by atoms with E-state index >= 15 is 0 Å². The number of amides is 1. The van der Waals surface area contributed by atoms with Crippen molar-refractivity contribution >= 4 is 15.9 Å². The van der Waals surface area contributed by atoms with Crippen LogP contribution in [0.4, 0.5) is 0 Å². The first-order chi connectivity index (χ1) is 10.3. The van der Waals surface area contributed by atoms with Gasteiger partial charge in [0.15, 0.2) is 5.76 Å². The zero-order valence-corrected chi connectivity index (χ0v) is 13.4. The van der Waals surface area contributed by atoms with Crippen LogP contribution in [-0.2, 0) is 14.8 Å². The molecule has 0 spiro atoms. The molecule has 3 atom stereocenters. The third-order valence-corrected chi connectivity index (χ3v) is 4.83. The second kappa shape index (κ2) is 5.68. The number of aryl methyl sites for hydroxylation is 1. The molecule has 8 heteroatoms. The van der Waals surface area contributed by atoms with Crippen LogP contribution in [0.25, 0.3) is 0 Å². The number of likely N-dealkylation sites (tertiary alicyclic amines) is 1. The summed E-state index contributed by atoms with van der Waals surface area (Å²) >= 11 is 0. The summed E-state index contributed by atoms with van der Waals surface area (Å²) < 4.78 is 36.8. The van der Waals surface area contributed by atoms with Crippen LogP contribution in [0.3, 0.4) is 0 Å². The molecule has 7 nitrogen and oxygen atoms in total. The molecule has 0 radical (unpaired) electrons. The molecule has 1 N–H and O–H groups in total. The van der Waals surface area contributed by atoms with E-state index in [1.165, 1.54) is 0 Å². The highest BCUT2D eigenvalue weighted by Gasteiger charge is 2.47. The zero-order chi connectivity index (χ0) is 15.9. The van der Waals surface area contributed by atoms with Crippen LogP contribution in [0, 0.1) is 6.92 Å². The van der Waals surface area contributed by atoms with E-state index in [9.17, 15) is 13.2 Å². The molecule has 0 saturated carbocycles. The number of fused-ring (bicyclic) bond motifs is 1. The lowest BCUT2D eigenvalue weighted by molar-refractivity contribution is -0.0160. The number of sulfonamides is 1. The van der Waals surface area contributed by atoms with Gasteiger partial charge in [-0.15, -0.1) is 0 Å². The summed E-state index contributed by atoms with van der Waals surface area (Å²) in [6.07, 6.45) is 2.47. The molecule has 1 aromatic rings.